The average molecular weight is 169 g/mol. The van der Waals surface area contributed by atoms with Crippen LogP contribution in [0.4, 0.5) is 0 Å². The molecule has 0 bridgehead atoms. The summed E-state index contributed by atoms with van der Waals surface area (Å²) in [4.78, 5) is 2.63. The van der Waals surface area contributed by atoms with Crippen molar-refractivity contribution in [3.63, 3.8) is 0 Å². The second kappa shape index (κ2) is 2.73. The topological polar surface area (TPSA) is 3.24 Å². The van der Waals surface area contributed by atoms with Gasteiger partial charge in [-0.25, -0.2) is 0 Å². The molecule has 1 heterocycles. The fourth-order valence-corrected chi connectivity index (χ4v) is 2.77. The highest BCUT2D eigenvalue weighted by Crippen LogP contribution is 2.37. The maximum atomic E-state index is 2.63. The Hall–Kier alpha value is -0.0400. The molecule has 0 aromatic rings. The molecular weight excluding hydrogens is 146 g/mol. The normalized spacial score (nSPS) is 31.0. The van der Waals surface area contributed by atoms with Gasteiger partial charge in [0.1, 0.15) is 0 Å². The van der Waals surface area contributed by atoms with Crippen LogP contribution in [0.5, 0.6) is 0 Å². The van der Waals surface area contributed by atoms with Gasteiger partial charge in [0.2, 0.25) is 0 Å². The second-order valence-electron chi connectivity index (χ2n) is 5.90. The van der Waals surface area contributed by atoms with Gasteiger partial charge >= 0.3 is 0 Å². The van der Waals surface area contributed by atoms with E-state index in [2.05, 4.69) is 46.4 Å². The Labute approximate surface area is 77.1 Å². The Morgan fingerprint density at radius 3 is 1.92 bits per heavy atom. The van der Waals surface area contributed by atoms with E-state index in [1.807, 2.05) is 0 Å². The Morgan fingerprint density at radius 2 is 1.75 bits per heavy atom. The molecule has 1 heteroatoms. The van der Waals surface area contributed by atoms with Crippen molar-refractivity contribution in [2.75, 3.05) is 6.54 Å². The molecule has 0 N–H and O–H groups in total. The minimum atomic E-state index is 0.328. The van der Waals surface area contributed by atoms with Crippen molar-refractivity contribution >= 4 is 0 Å². The van der Waals surface area contributed by atoms with E-state index in [4.69, 9.17) is 0 Å². The number of rotatable bonds is 0. The SMILES string of the molecule is CC1CN(C(C)(C)C)C(C)(C)C1. The number of likely N-dealkylation sites (tertiary alicyclic amines) is 1. The summed E-state index contributed by atoms with van der Waals surface area (Å²) < 4.78 is 0. The van der Waals surface area contributed by atoms with E-state index in [9.17, 15) is 0 Å². The van der Waals surface area contributed by atoms with Crippen LogP contribution in [0.3, 0.4) is 0 Å². The van der Waals surface area contributed by atoms with Gasteiger partial charge in [-0.1, -0.05) is 6.92 Å². The van der Waals surface area contributed by atoms with E-state index in [0.29, 0.717) is 11.1 Å². The average Bonchev–Trinajstić information content (AvgIpc) is 2.02. The quantitative estimate of drug-likeness (QED) is 0.539. The Kier molecular flexibility index (Phi) is 2.28. The summed E-state index contributed by atoms with van der Waals surface area (Å²) in [5.74, 6) is 0.860. The lowest BCUT2D eigenvalue weighted by Crippen LogP contribution is -2.49. The third kappa shape index (κ3) is 1.82. The summed E-state index contributed by atoms with van der Waals surface area (Å²) in [6.07, 6.45) is 1.34. The Bertz CT molecular complexity index is 164. The molecule has 0 aromatic heterocycles. The van der Waals surface area contributed by atoms with E-state index in [1.54, 1.807) is 0 Å². The van der Waals surface area contributed by atoms with Gasteiger partial charge in [-0.3, -0.25) is 4.90 Å². The van der Waals surface area contributed by atoms with Crippen LogP contribution in [-0.2, 0) is 0 Å². The molecule has 1 unspecified atom stereocenters. The van der Waals surface area contributed by atoms with E-state index in [1.165, 1.54) is 13.0 Å². The molecule has 0 spiro atoms. The third-order valence-corrected chi connectivity index (χ3v) is 2.88. The lowest BCUT2D eigenvalue weighted by Gasteiger charge is -2.42. The zero-order chi connectivity index (χ0) is 9.57. The van der Waals surface area contributed by atoms with Gasteiger partial charge < -0.3 is 0 Å². The second-order valence-corrected chi connectivity index (χ2v) is 5.90. The molecule has 0 amide bonds. The Balaban J connectivity index is 2.79. The van der Waals surface area contributed by atoms with Gasteiger partial charge in [0, 0.05) is 17.6 Å². The summed E-state index contributed by atoms with van der Waals surface area (Å²) in [6.45, 7) is 15.3. The molecule has 1 rings (SSSR count). The van der Waals surface area contributed by atoms with Crippen LogP contribution in [-0.4, -0.2) is 22.5 Å². The molecule has 1 nitrogen and oxygen atoms in total. The van der Waals surface area contributed by atoms with Crippen LogP contribution in [0.2, 0.25) is 0 Å². The molecule has 0 aromatic carbocycles. The highest BCUT2D eigenvalue weighted by atomic mass is 15.3. The molecule has 12 heavy (non-hydrogen) atoms. The first-order chi connectivity index (χ1) is 5.23. The van der Waals surface area contributed by atoms with Gasteiger partial charge in [-0.05, 0) is 47.0 Å². The first-order valence-corrected chi connectivity index (χ1v) is 5.01. The maximum Gasteiger partial charge on any atom is 0.0161 e. The van der Waals surface area contributed by atoms with Crippen molar-refractivity contribution in [2.45, 2.75) is 59.0 Å². The molecule has 1 atom stereocenters. The highest BCUT2D eigenvalue weighted by Gasteiger charge is 2.41. The monoisotopic (exact) mass is 169 g/mol. The number of hydrogen-bond donors (Lipinski definition) is 0. The summed E-state index contributed by atoms with van der Waals surface area (Å²) in [5, 5.41) is 0. The Morgan fingerprint density at radius 1 is 1.25 bits per heavy atom. The van der Waals surface area contributed by atoms with Gasteiger partial charge in [-0.15, -0.1) is 0 Å². The van der Waals surface area contributed by atoms with E-state index in [0.717, 1.165) is 5.92 Å². The minimum Gasteiger partial charge on any atom is -0.293 e. The van der Waals surface area contributed by atoms with E-state index in [-0.39, 0.29) is 0 Å². The van der Waals surface area contributed by atoms with E-state index < -0.39 is 0 Å². The van der Waals surface area contributed by atoms with Gasteiger partial charge in [0.05, 0.1) is 0 Å². The fraction of sp³-hybridized carbons (Fsp3) is 1.00. The summed E-state index contributed by atoms with van der Waals surface area (Å²) in [6, 6.07) is 0. The third-order valence-electron chi connectivity index (χ3n) is 2.88. The van der Waals surface area contributed by atoms with Crippen LogP contribution >= 0.6 is 0 Å². The molecule has 1 fully saturated rings. The smallest absolute Gasteiger partial charge is 0.0161 e. The lowest BCUT2D eigenvalue weighted by molar-refractivity contribution is 0.0673. The van der Waals surface area contributed by atoms with Gasteiger partial charge in [0.15, 0.2) is 0 Å². The first-order valence-electron chi connectivity index (χ1n) is 5.01. The van der Waals surface area contributed by atoms with Crippen LogP contribution in [0.15, 0.2) is 0 Å². The van der Waals surface area contributed by atoms with Gasteiger partial charge in [-0.2, -0.15) is 0 Å². The molecule has 0 aliphatic carbocycles. The standard InChI is InChI=1S/C11H23N/c1-9-7-11(5,6)12(8-9)10(2,3)4/h9H,7-8H2,1-6H3. The predicted molar refractivity (Wildman–Crippen MR) is 54.3 cm³/mol. The van der Waals surface area contributed by atoms with E-state index >= 15 is 0 Å². The predicted octanol–water partition coefficient (Wildman–Crippen LogP) is 2.91. The van der Waals surface area contributed by atoms with Crippen LogP contribution < -0.4 is 0 Å². The van der Waals surface area contributed by atoms with Crippen molar-refractivity contribution in [3.8, 4) is 0 Å². The lowest BCUT2D eigenvalue weighted by atomic mass is 9.94. The molecule has 72 valence electrons. The zero-order valence-electron chi connectivity index (χ0n) is 9.44. The van der Waals surface area contributed by atoms with Crippen LogP contribution in [0, 0.1) is 5.92 Å². The maximum absolute atomic E-state index is 2.63. The van der Waals surface area contributed by atoms with Crippen LogP contribution in [0.25, 0.3) is 0 Å². The van der Waals surface area contributed by atoms with Crippen LogP contribution in [0.1, 0.15) is 48.0 Å². The van der Waals surface area contributed by atoms with Crippen molar-refractivity contribution in [1.29, 1.82) is 0 Å². The van der Waals surface area contributed by atoms with Crippen molar-refractivity contribution in [1.82, 2.24) is 4.90 Å². The molecule has 0 radical (unpaired) electrons. The molecular formula is C11H23N. The van der Waals surface area contributed by atoms with Crippen molar-refractivity contribution in [3.05, 3.63) is 0 Å². The largest absolute Gasteiger partial charge is 0.293 e. The van der Waals surface area contributed by atoms with Crippen molar-refractivity contribution < 1.29 is 0 Å². The number of nitrogens with zero attached hydrogens (tertiary/aromatic N) is 1. The fourth-order valence-electron chi connectivity index (χ4n) is 2.77. The van der Waals surface area contributed by atoms with Gasteiger partial charge in [0.25, 0.3) is 0 Å². The minimum absolute atomic E-state index is 0.328. The zero-order valence-corrected chi connectivity index (χ0v) is 9.44. The molecule has 1 aliphatic heterocycles. The summed E-state index contributed by atoms with van der Waals surface area (Å²) >= 11 is 0. The van der Waals surface area contributed by atoms with Crippen molar-refractivity contribution in [2.24, 2.45) is 5.92 Å². The molecule has 0 saturated carbocycles. The molecule has 1 aliphatic rings. The molecule has 1 saturated heterocycles. The summed E-state index contributed by atoms with van der Waals surface area (Å²) in [5.41, 5.74) is 0.728. The first kappa shape index (κ1) is 10.0. The number of hydrogen-bond acceptors (Lipinski definition) is 1. The highest BCUT2D eigenvalue weighted by molar-refractivity contribution is 4.96. The summed E-state index contributed by atoms with van der Waals surface area (Å²) in [7, 11) is 0.